The van der Waals surface area contributed by atoms with E-state index in [9.17, 15) is 10.1 Å². The molecule has 0 aliphatic carbocycles. The van der Waals surface area contributed by atoms with Crippen LogP contribution in [0.15, 0.2) is 30.5 Å². The summed E-state index contributed by atoms with van der Waals surface area (Å²) in [5, 5.41) is 14.1. The number of ether oxygens (including phenoxy) is 1. The molecule has 110 valence electrons. The van der Waals surface area contributed by atoms with Crippen LogP contribution < -0.4 is 10.1 Å². The fraction of sp³-hybridized carbons (Fsp3) is 0.267. The van der Waals surface area contributed by atoms with E-state index >= 15 is 0 Å². The fourth-order valence-electron chi connectivity index (χ4n) is 2.06. The summed E-state index contributed by atoms with van der Waals surface area (Å²) in [7, 11) is 1.84. The number of nitrogens with zero attached hydrogens (tertiary/aromatic N) is 2. The third kappa shape index (κ3) is 3.28. The Morgan fingerprint density at radius 2 is 1.95 bits per heavy atom. The van der Waals surface area contributed by atoms with Crippen LogP contribution in [0.2, 0.25) is 0 Å². The molecule has 0 saturated carbocycles. The Morgan fingerprint density at radius 1 is 1.29 bits per heavy atom. The highest BCUT2D eigenvalue weighted by atomic mass is 16.6. The van der Waals surface area contributed by atoms with E-state index in [1.165, 1.54) is 6.20 Å². The maximum atomic E-state index is 11.1. The molecule has 0 unspecified atom stereocenters. The van der Waals surface area contributed by atoms with Gasteiger partial charge in [-0.1, -0.05) is 0 Å². The SMILES string of the molecule is CNc1ccc(OCc2ncc(C)c([N+](=O)[O-])c2C)cc1. The van der Waals surface area contributed by atoms with E-state index in [2.05, 4.69) is 10.3 Å². The number of nitrogens with one attached hydrogen (secondary N) is 1. The molecule has 0 fully saturated rings. The van der Waals surface area contributed by atoms with Gasteiger partial charge in [-0.2, -0.15) is 0 Å². The number of pyridine rings is 1. The average Bonchev–Trinajstić information content (AvgIpc) is 2.46. The van der Waals surface area contributed by atoms with E-state index in [0.29, 0.717) is 22.6 Å². The molecule has 0 spiro atoms. The predicted molar refractivity (Wildman–Crippen MR) is 80.7 cm³/mol. The van der Waals surface area contributed by atoms with Gasteiger partial charge in [0.05, 0.1) is 16.2 Å². The molecule has 0 saturated heterocycles. The van der Waals surface area contributed by atoms with Crippen LogP contribution in [0.25, 0.3) is 0 Å². The number of benzene rings is 1. The number of aryl methyl sites for hydroxylation is 1. The first-order chi connectivity index (χ1) is 10.0. The van der Waals surface area contributed by atoms with Crippen molar-refractivity contribution in [3.63, 3.8) is 0 Å². The molecule has 1 aromatic carbocycles. The summed E-state index contributed by atoms with van der Waals surface area (Å²) in [6, 6.07) is 7.47. The lowest BCUT2D eigenvalue weighted by atomic mass is 10.1. The fourth-order valence-corrected chi connectivity index (χ4v) is 2.06. The van der Waals surface area contributed by atoms with Crippen LogP contribution in [-0.4, -0.2) is 17.0 Å². The number of rotatable bonds is 5. The summed E-state index contributed by atoms with van der Waals surface area (Å²) in [4.78, 5) is 14.9. The molecule has 0 radical (unpaired) electrons. The Kier molecular flexibility index (Phi) is 4.37. The molecule has 2 aromatic rings. The van der Waals surface area contributed by atoms with Crippen LogP contribution in [0.3, 0.4) is 0 Å². The molecule has 21 heavy (non-hydrogen) atoms. The Morgan fingerprint density at radius 3 is 2.52 bits per heavy atom. The van der Waals surface area contributed by atoms with Crippen molar-refractivity contribution in [3.05, 3.63) is 57.4 Å². The smallest absolute Gasteiger partial charge is 0.278 e. The second-order valence-corrected chi connectivity index (χ2v) is 4.68. The van der Waals surface area contributed by atoms with Gasteiger partial charge < -0.3 is 10.1 Å². The zero-order valence-electron chi connectivity index (χ0n) is 12.2. The molecule has 1 N–H and O–H groups in total. The highest BCUT2D eigenvalue weighted by molar-refractivity contribution is 5.48. The van der Waals surface area contributed by atoms with Crippen molar-refractivity contribution < 1.29 is 9.66 Å². The van der Waals surface area contributed by atoms with Gasteiger partial charge in [0.1, 0.15) is 12.4 Å². The maximum Gasteiger partial charge on any atom is 0.278 e. The van der Waals surface area contributed by atoms with Gasteiger partial charge in [-0.15, -0.1) is 0 Å². The van der Waals surface area contributed by atoms with Crippen LogP contribution in [0.1, 0.15) is 16.8 Å². The number of nitro groups is 1. The lowest BCUT2D eigenvalue weighted by molar-refractivity contribution is -0.386. The molecule has 2 rings (SSSR count). The van der Waals surface area contributed by atoms with Crippen molar-refractivity contribution in [2.75, 3.05) is 12.4 Å². The number of hydrogen-bond donors (Lipinski definition) is 1. The molecule has 0 aliphatic heterocycles. The Balaban J connectivity index is 2.16. The minimum absolute atomic E-state index is 0.106. The van der Waals surface area contributed by atoms with Gasteiger partial charge in [0.15, 0.2) is 0 Å². The summed E-state index contributed by atoms with van der Waals surface area (Å²) in [5.74, 6) is 0.693. The van der Waals surface area contributed by atoms with E-state index in [1.807, 2.05) is 31.3 Å². The minimum atomic E-state index is -0.377. The molecule has 0 aliphatic rings. The highest BCUT2D eigenvalue weighted by Gasteiger charge is 2.18. The third-order valence-corrected chi connectivity index (χ3v) is 3.28. The lowest BCUT2D eigenvalue weighted by Crippen LogP contribution is -2.05. The van der Waals surface area contributed by atoms with E-state index in [0.717, 1.165) is 5.69 Å². The normalized spacial score (nSPS) is 10.2. The summed E-state index contributed by atoms with van der Waals surface area (Å²) in [6.07, 6.45) is 1.51. The maximum absolute atomic E-state index is 11.1. The lowest BCUT2D eigenvalue weighted by Gasteiger charge is -2.10. The summed E-state index contributed by atoms with van der Waals surface area (Å²) < 4.78 is 5.63. The Hall–Kier alpha value is -2.63. The topological polar surface area (TPSA) is 77.3 Å². The second kappa shape index (κ2) is 6.21. The number of hydrogen-bond acceptors (Lipinski definition) is 5. The summed E-state index contributed by atoms with van der Waals surface area (Å²) in [6.45, 7) is 3.58. The molecule has 1 heterocycles. The van der Waals surface area contributed by atoms with Gasteiger partial charge in [0.25, 0.3) is 5.69 Å². The van der Waals surface area contributed by atoms with Gasteiger partial charge in [0.2, 0.25) is 0 Å². The van der Waals surface area contributed by atoms with E-state index in [-0.39, 0.29) is 17.2 Å². The van der Waals surface area contributed by atoms with Crippen LogP contribution in [-0.2, 0) is 6.61 Å². The quantitative estimate of drug-likeness (QED) is 0.674. The van der Waals surface area contributed by atoms with Gasteiger partial charge in [0, 0.05) is 24.5 Å². The van der Waals surface area contributed by atoms with Crippen LogP contribution in [0.4, 0.5) is 11.4 Å². The third-order valence-electron chi connectivity index (χ3n) is 3.28. The van der Waals surface area contributed by atoms with E-state index in [1.54, 1.807) is 13.8 Å². The monoisotopic (exact) mass is 287 g/mol. The molecule has 6 nitrogen and oxygen atoms in total. The Labute approximate surface area is 122 Å². The van der Waals surface area contributed by atoms with E-state index in [4.69, 9.17) is 4.74 Å². The van der Waals surface area contributed by atoms with E-state index < -0.39 is 0 Å². The van der Waals surface area contributed by atoms with Gasteiger partial charge in [-0.25, -0.2) is 0 Å². The minimum Gasteiger partial charge on any atom is -0.487 e. The molecule has 6 heteroatoms. The summed E-state index contributed by atoms with van der Waals surface area (Å²) >= 11 is 0. The predicted octanol–water partition coefficient (Wildman–Crippen LogP) is 3.23. The highest BCUT2D eigenvalue weighted by Crippen LogP contribution is 2.25. The number of anilines is 1. The Bertz CT molecular complexity index is 654. The molecule has 0 atom stereocenters. The van der Waals surface area contributed by atoms with Crippen LogP contribution >= 0.6 is 0 Å². The largest absolute Gasteiger partial charge is 0.487 e. The summed E-state index contributed by atoms with van der Waals surface area (Å²) in [5.41, 5.74) is 2.77. The standard InChI is InChI=1S/C15H17N3O3/c1-10-8-17-14(11(2)15(10)18(19)20)9-21-13-6-4-12(16-3)5-7-13/h4-8,16H,9H2,1-3H3. The van der Waals surface area contributed by atoms with Crippen LogP contribution in [0, 0.1) is 24.0 Å². The van der Waals surface area contributed by atoms with Gasteiger partial charge in [-0.3, -0.25) is 15.1 Å². The van der Waals surface area contributed by atoms with Crippen molar-refractivity contribution in [1.29, 1.82) is 0 Å². The molecular formula is C15H17N3O3. The molecule has 1 aromatic heterocycles. The zero-order valence-corrected chi connectivity index (χ0v) is 12.2. The zero-order chi connectivity index (χ0) is 15.4. The molecular weight excluding hydrogens is 270 g/mol. The van der Waals surface area contributed by atoms with Crippen molar-refractivity contribution >= 4 is 11.4 Å². The first kappa shape index (κ1) is 14.8. The molecule has 0 amide bonds. The molecule has 0 bridgehead atoms. The van der Waals surface area contributed by atoms with Gasteiger partial charge in [-0.05, 0) is 38.1 Å². The first-order valence-corrected chi connectivity index (χ1v) is 6.53. The first-order valence-electron chi connectivity index (χ1n) is 6.53. The van der Waals surface area contributed by atoms with Crippen molar-refractivity contribution in [2.45, 2.75) is 20.5 Å². The number of aromatic nitrogens is 1. The van der Waals surface area contributed by atoms with Gasteiger partial charge >= 0.3 is 0 Å². The van der Waals surface area contributed by atoms with Crippen LogP contribution in [0.5, 0.6) is 5.75 Å². The van der Waals surface area contributed by atoms with Crippen molar-refractivity contribution in [3.8, 4) is 5.75 Å². The van der Waals surface area contributed by atoms with Crippen molar-refractivity contribution in [2.24, 2.45) is 0 Å². The van der Waals surface area contributed by atoms with Crippen molar-refractivity contribution in [1.82, 2.24) is 4.98 Å². The second-order valence-electron chi connectivity index (χ2n) is 4.68. The average molecular weight is 287 g/mol.